The molecule has 0 saturated carbocycles. The summed E-state index contributed by atoms with van der Waals surface area (Å²) < 4.78 is 81.6. The summed E-state index contributed by atoms with van der Waals surface area (Å²) in [6, 6.07) is 3.12. The zero-order valence-corrected chi connectivity index (χ0v) is 21.9. The van der Waals surface area contributed by atoms with Gasteiger partial charge >= 0.3 is 22.6 Å². The zero-order chi connectivity index (χ0) is 25.6. The Hall–Kier alpha value is -1.63. The summed E-state index contributed by atoms with van der Waals surface area (Å²) in [5.41, 5.74) is -1.53. The highest BCUT2D eigenvalue weighted by atomic mass is 32.2. The number of halogens is 3. The maximum atomic E-state index is 13.1. The van der Waals surface area contributed by atoms with Gasteiger partial charge in [0, 0.05) is 0 Å². The maximum absolute atomic E-state index is 13.1. The first-order valence-electron chi connectivity index (χ1n) is 10.4. The number of rotatable bonds is 4. The van der Waals surface area contributed by atoms with Crippen LogP contribution in [-0.4, -0.2) is 45.4 Å². The molecule has 1 unspecified atom stereocenters. The van der Waals surface area contributed by atoms with Crippen LogP contribution in [0.1, 0.15) is 58.8 Å². The molecule has 0 radical (unpaired) electrons. The number of benzene rings is 1. The first-order chi connectivity index (χ1) is 14.7. The third kappa shape index (κ3) is 6.49. The van der Waals surface area contributed by atoms with E-state index in [4.69, 9.17) is 13.3 Å². The van der Waals surface area contributed by atoms with E-state index in [2.05, 4.69) is 0 Å². The fourth-order valence-corrected chi connectivity index (χ4v) is 5.34. The number of hydrogen-bond acceptors (Lipinski definition) is 6. The number of carbonyl (C=O) groups excluding carboxylic acids is 1. The first-order valence-corrected chi connectivity index (χ1v) is 14.7. The largest absolute Gasteiger partial charge is 0.443 e. The van der Waals surface area contributed by atoms with Crippen molar-refractivity contribution in [2.45, 2.75) is 83.6 Å². The molecule has 188 valence electrons. The number of carbonyl (C=O) groups is 1. The average molecular weight is 512 g/mol. The Kier molecular flexibility index (Phi) is 7.41. The Labute approximate surface area is 194 Å². The minimum atomic E-state index is -4.53. The van der Waals surface area contributed by atoms with E-state index >= 15 is 0 Å². The summed E-state index contributed by atoms with van der Waals surface area (Å²) >= 11 is 0. The lowest BCUT2D eigenvalue weighted by molar-refractivity contribution is -0.137. The van der Waals surface area contributed by atoms with E-state index in [9.17, 15) is 26.4 Å². The number of amides is 1. The molecular formula is C21H32F3NO6SSi. The molecule has 1 amide bonds. The molecule has 1 aliphatic heterocycles. The van der Waals surface area contributed by atoms with Gasteiger partial charge in [0.15, 0.2) is 8.32 Å². The molecule has 0 bridgehead atoms. The zero-order valence-electron chi connectivity index (χ0n) is 20.1. The third-order valence-electron chi connectivity index (χ3n) is 5.65. The van der Waals surface area contributed by atoms with E-state index in [0.717, 1.165) is 12.1 Å². The summed E-state index contributed by atoms with van der Waals surface area (Å²) in [6.07, 6.45) is -6.73. The van der Waals surface area contributed by atoms with Crippen LogP contribution in [0.2, 0.25) is 18.1 Å². The molecule has 2 rings (SSSR count). The van der Waals surface area contributed by atoms with E-state index < -0.39 is 60.8 Å². The normalized spacial score (nSPS) is 20.6. The highest BCUT2D eigenvalue weighted by Gasteiger charge is 2.51. The molecule has 0 spiro atoms. The summed E-state index contributed by atoms with van der Waals surface area (Å²) in [5.74, 6) is 0. The number of hydrogen-bond donors (Lipinski definition) is 0. The predicted octanol–water partition coefficient (Wildman–Crippen LogP) is 5.65. The van der Waals surface area contributed by atoms with E-state index in [0.29, 0.717) is 9.87 Å². The number of ether oxygens (including phenoxy) is 1. The maximum Gasteiger partial charge on any atom is 0.426 e. The van der Waals surface area contributed by atoms with Crippen molar-refractivity contribution in [3.8, 4) is 0 Å². The minimum absolute atomic E-state index is 0.298. The van der Waals surface area contributed by atoms with Gasteiger partial charge < -0.3 is 9.16 Å². The van der Waals surface area contributed by atoms with Gasteiger partial charge in [-0.05, 0) is 56.6 Å². The molecule has 2 atom stereocenters. The van der Waals surface area contributed by atoms with Gasteiger partial charge in [0.25, 0.3) is 0 Å². The SMILES string of the molecule is CC(C)(C)OC(=O)N1C([C@@H](O[Si](C)(C)C(C)(C)C)c2ccc(C(F)(F)F)cc2)COS1(=O)=O. The Morgan fingerprint density at radius 1 is 1.09 bits per heavy atom. The molecule has 0 aromatic heterocycles. The smallest absolute Gasteiger partial charge is 0.426 e. The van der Waals surface area contributed by atoms with Gasteiger partial charge in [-0.2, -0.15) is 25.9 Å². The number of alkyl halides is 3. The topological polar surface area (TPSA) is 82.1 Å². The lowest BCUT2D eigenvalue weighted by Gasteiger charge is -2.41. The Morgan fingerprint density at radius 3 is 2.03 bits per heavy atom. The summed E-state index contributed by atoms with van der Waals surface area (Å²) in [5, 5.41) is -0.299. The summed E-state index contributed by atoms with van der Waals surface area (Å²) in [4.78, 5) is 12.8. The van der Waals surface area contributed by atoms with Crippen molar-refractivity contribution in [3.05, 3.63) is 35.4 Å². The molecule has 1 aromatic carbocycles. The highest BCUT2D eigenvalue weighted by Crippen LogP contribution is 2.43. The molecule has 1 aromatic rings. The van der Waals surface area contributed by atoms with E-state index in [1.165, 1.54) is 12.1 Å². The van der Waals surface area contributed by atoms with Crippen LogP contribution in [0, 0.1) is 0 Å². The molecule has 0 aliphatic carbocycles. The van der Waals surface area contributed by atoms with Crippen LogP contribution < -0.4 is 0 Å². The van der Waals surface area contributed by atoms with Gasteiger partial charge in [0.2, 0.25) is 0 Å². The van der Waals surface area contributed by atoms with Crippen molar-refractivity contribution in [3.63, 3.8) is 0 Å². The summed E-state index contributed by atoms with van der Waals surface area (Å²) in [7, 11) is -7.05. The second-order valence-electron chi connectivity index (χ2n) is 10.5. The fraction of sp³-hybridized carbons (Fsp3) is 0.667. The van der Waals surface area contributed by atoms with Gasteiger partial charge in [-0.3, -0.25) is 4.18 Å². The third-order valence-corrected chi connectivity index (χ3v) is 11.4. The standard InChI is InChI=1S/C21H32F3NO6SSi/c1-19(2,3)30-18(26)25-16(13-29-32(25,27)28)17(31-33(7,8)20(4,5)6)14-9-11-15(12-10-14)21(22,23)24/h9-12,16-17H,13H2,1-8H3/t16?,17-/m0/s1. The monoisotopic (exact) mass is 511 g/mol. The van der Waals surface area contributed by atoms with Crippen molar-refractivity contribution in [1.82, 2.24) is 4.31 Å². The van der Waals surface area contributed by atoms with Crippen LogP contribution in [0.25, 0.3) is 0 Å². The molecule has 0 N–H and O–H groups in total. The number of nitrogens with zero attached hydrogens (tertiary/aromatic N) is 1. The second-order valence-corrected chi connectivity index (χ2v) is 16.7. The van der Waals surface area contributed by atoms with Gasteiger partial charge in [-0.25, -0.2) is 4.79 Å². The summed E-state index contributed by atoms with van der Waals surface area (Å²) in [6.45, 7) is 14.1. The lowest BCUT2D eigenvalue weighted by atomic mass is 10.0. The van der Waals surface area contributed by atoms with E-state index in [-0.39, 0.29) is 5.04 Å². The van der Waals surface area contributed by atoms with Crippen molar-refractivity contribution < 1.29 is 39.7 Å². The Morgan fingerprint density at radius 2 is 1.61 bits per heavy atom. The van der Waals surface area contributed by atoms with Crippen LogP contribution in [0.4, 0.5) is 18.0 Å². The Balaban J connectivity index is 2.57. The minimum Gasteiger partial charge on any atom is -0.443 e. The molecule has 1 aliphatic rings. The van der Waals surface area contributed by atoms with E-state index in [1.807, 2.05) is 33.9 Å². The van der Waals surface area contributed by atoms with Crippen LogP contribution in [0.3, 0.4) is 0 Å². The quantitative estimate of drug-likeness (QED) is 0.486. The van der Waals surface area contributed by atoms with Crippen molar-refractivity contribution in [2.75, 3.05) is 6.61 Å². The second kappa shape index (κ2) is 8.86. The van der Waals surface area contributed by atoms with Gasteiger partial charge in [-0.15, -0.1) is 0 Å². The first kappa shape index (κ1) is 27.6. The van der Waals surface area contributed by atoms with E-state index in [1.54, 1.807) is 20.8 Å². The van der Waals surface area contributed by atoms with Gasteiger partial charge in [-0.1, -0.05) is 32.9 Å². The fourth-order valence-electron chi connectivity index (χ4n) is 2.91. The molecule has 1 fully saturated rings. The van der Waals surface area contributed by atoms with Crippen molar-refractivity contribution in [1.29, 1.82) is 0 Å². The molecule has 7 nitrogen and oxygen atoms in total. The molecule has 12 heteroatoms. The predicted molar refractivity (Wildman–Crippen MR) is 119 cm³/mol. The molecular weight excluding hydrogens is 479 g/mol. The van der Waals surface area contributed by atoms with Crippen LogP contribution in [0.15, 0.2) is 24.3 Å². The van der Waals surface area contributed by atoms with Gasteiger partial charge in [0.1, 0.15) is 11.6 Å². The molecule has 33 heavy (non-hydrogen) atoms. The van der Waals surface area contributed by atoms with Crippen molar-refractivity contribution in [2.24, 2.45) is 0 Å². The van der Waals surface area contributed by atoms with Gasteiger partial charge in [0.05, 0.1) is 18.3 Å². The van der Waals surface area contributed by atoms with Crippen LogP contribution >= 0.6 is 0 Å². The lowest BCUT2D eigenvalue weighted by Crippen LogP contribution is -2.50. The average Bonchev–Trinajstić information content (AvgIpc) is 2.91. The van der Waals surface area contributed by atoms with Crippen molar-refractivity contribution >= 4 is 24.7 Å². The van der Waals surface area contributed by atoms with Crippen LogP contribution in [-0.2, 0) is 29.8 Å². The molecule has 1 saturated heterocycles. The molecule has 1 heterocycles. The highest BCUT2D eigenvalue weighted by molar-refractivity contribution is 7.85. The Bertz CT molecular complexity index is 966. The van der Waals surface area contributed by atoms with Crippen LogP contribution in [0.5, 0.6) is 0 Å².